The molecule has 0 fully saturated rings. The Labute approximate surface area is 138 Å². The van der Waals surface area contributed by atoms with Crippen LogP contribution < -0.4 is 5.32 Å². The summed E-state index contributed by atoms with van der Waals surface area (Å²) in [6, 6.07) is 0.242. The number of aryl methyl sites for hydroxylation is 1. The lowest BCUT2D eigenvalue weighted by Gasteiger charge is -2.45. The van der Waals surface area contributed by atoms with Crippen molar-refractivity contribution in [1.82, 2.24) is 20.0 Å². The zero-order valence-corrected chi connectivity index (χ0v) is 16.0. The number of nitrogens with one attached hydrogen (secondary N) is 1. The summed E-state index contributed by atoms with van der Waals surface area (Å²) in [6.07, 6.45) is 4.10. The van der Waals surface area contributed by atoms with E-state index < -0.39 is 0 Å². The topological polar surface area (TPSA) is 33.1 Å². The highest BCUT2D eigenvalue weighted by Gasteiger charge is 2.39. The van der Waals surface area contributed by atoms with Crippen molar-refractivity contribution in [2.24, 2.45) is 0 Å². The van der Waals surface area contributed by atoms with Crippen LogP contribution in [0.25, 0.3) is 0 Å². The number of halogens is 1. The number of nitrogens with zero attached hydrogens (tertiary/aromatic N) is 3. The number of rotatable bonds is 9. The van der Waals surface area contributed by atoms with Crippen LogP contribution in [0.4, 0.5) is 0 Å². The molecule has 0 aliphatic carbocycles. The molecule has 4 nitrogen and oxygen atoms in total. The van der Waals surface area contributed by atoms with E-state index in [0.717, 1.165) is 36.9 Å². The molecule has 0 aromatic carbocycles. The van der Waals surface area contributed by atoms with Crippen molar-refractivity contribution in [2.75, 3.05) is 20.1 Å². The predicted molar refractivity (Wildman–Crippen MR) is 93.6 cm³/mol. The number of hydrogen-bond acceptors (Lipinski definition) is 3. The third-order valence-electron chi connectivity index (χ3n) is 4.65. The van der Waals surface area contributed by atoms with E-state index in [9.17, 15) is 0 Å². The van der Waals surface area contributed by atoms with Crippen molar-refractivity contribution in [1.29, 1.82) is 0 Å². The van der Waals surface area contributed by atoms with E-state index in [-0.39, 0.29) is 11.6 Å². The van der Waals surface area contributed by atoms with Gasteiger partial charge in [-0.1, -0.05) is 27.7 Å². The van der Waals surface area contributed by atoms with Gasteiger partial charge in [-0.25, -0.2) is 0 Å². The van der Waals surface area contributed by atoms with Crippen LogP contribution in [0.15, 0.2) is 10.7 Å². The van der Waals surface area contributed by atoms with E-state index >= 15 is 0 Å². The monoisotopic (exact) mass is 358 g/mol. The Hall–Kier alpha value is -0.390. The highest BCUT2D eigenvalue weighted by molar-refractivity contribution is 9.10. The lowest BCUT2D eigenvalue weighted by atomic mass is 9.85. The Morgan fingerprint density at radius 2 is 1.95 bits per heavy atom. The number of aromatic nitrogens is 2. The van der Waals surface area contributed by atoms with Gasteiger partial charge in [-0.3, -0.25) is 9.58 Å². The van der Waals surface area contributed by atoms with Crippen LogP contribution in [0.3, 0.4) is 0 Å². The van der Waals surface area contributed by atoms with Gasteiger partial charge in [-0.15, -0.1) is 0 Å². The van der Waals surface area contributed by atoms with E-state index in [1.807, 2.05) is 6.20 Å². The van der Waals surface area contributed by atoms with Gasteiger partial charge in [-0.2, -0.15) is 5.10 Å². The maximum Gasteiger partial charge on any atom is 0.0714 e. The minimum Gasteiger partial charge on any atom is -0.310 e. The third-order valence-corrected chi connectivity index (χ3v) is 5.27. The van der Waals surface area contributed by atoms with Crippen molar-refractivity contribution < 1.29 is 0 Å². The molecule has 0 radical (unpaired) electrons. The van der Waals surface area contributed by atoms with Crippen molar-refractivity contribution in [3.05, 3.63) is 16.4 Å². The summed E-state index contributed by atoms with van der Waals surface area (Å²) in [6.45, 7) is 14.4. The Morgan fingerprint density at radius 3 is 2.38 bits per heavy atom. The Kier molecular flexibility index (Phi) is 7.37. The Bertz CT molecular complexity index is 428. The molecule has 0 amide bonds. The maximum absolute atomic E-state index is 4.54. The zero-order chi connectivity index (χ0) is 16.0. The first kappa shape index (κ1) is 18.7. The van der Waals surface area contributed by atoms with Gasteiger partial charge in [0.05, 0.1) is 22.4 Å². The van der Waals surface area contributed by atoms with Gasteiger partial charge < -0.3 is 5.32 Å². The van der Waals surface area contributed by atoms with E-state index in [1.54, 1.807) is 0 Å². The molecule has 1 N–H and O–H groups in total. The lowest BCUT2D eigenvalue weighted by molar-refractivity contribution is 0.0691. The molecule has 1 rings (SSSR count). The summed E-state index contributed by atoms with van der Waals surface area (Å²) in [5.74, 6) is 0. The van der Waals surface area contributed by atoms with Crippen molar-refractivity contribution in [2.45, 2.75) is 65.6 Å². The van der Waals surface area contributed by atoms with Crippen LogP contribution in [0.5, 0.6) is 0 Å². The second-order valence-electron chi connectivity index (χ2n) is 5.71. The molecule has 2 unspecified atom stereocenters. The zero-order valence-electron chi connectivity index (χ0n) is 14.4. The fourth-order valence-corrected chi connectivity index (χ4v) is 3.87. The van der Waals surface area contributed by atoms with Crippen LogP contribution in [0.2, 0.25) is 0 Å². The fourth-order valence-electron chi connectivity index (χ4n) is 3.35. The first-order chi connectivity index (χ1) is 9.99. The quantitative estimate of drug-likeness (QED) is 0.728. The highest BCUT2D eigenvalue weighted by atomic mass is 79.9. The van der Waals surface area contributed by atoms with Gasteiger partial charge in [0.25, 0.3) is 0 Å². The maximum atomic E-state index is 4.54. The molecule has 5 heteroatoms. The standard InChI is InChI=1S/C16H31BrN4/c1-7-11-21-14(13(17)12-19-21)15(18-6)16(5,8-2)20(9-3)10-4/h12,15,18H,7-11H2,1-6H3. The van der Waals surface area contributed by atoms with Gasteiger partial charge >= 0.3 is 0 Å². The molecule has 21 heavy (non-hydrogen) atoms. The molecule has 0 bridgehead atoms. The predicted octanol–water partition coefficient (Wildman–Crippen LogP) is 3.83. The molecule has 1 aromatic rings. The second-order valence-corrected chi connectivity index (χ2v) is 6.56. The minimum atomic E-state index is 0.0618. The van der Waals surface area contributed by atoms with Gasteiger partial charge in [0, 0.05) is 12.1 Å². The summed E-state index contributed by atoms with van der Waals surface area (Å²) in [5, 5.41) is 8.10. The molecular weight excluding hydrogens is 328 g/mol. The molecule has 0 spiro atoms. The number of likely N-dealkylation sites (N-methyl/N-ethyl adjacent to an activating group) is 2. The third kappa shape index (κ3) is 3.69. The number of hydrogen-bond donors (Lipinski definition) is 1. The first-order valence-electron chi connectivity index (χ1n) is 8.13. The first-order valence-corrected chi connectivity index (χ1v) is 8.92. The van der Waals surface area contributed by atoms with Crippen LogP contribution in [-0.2, 0) is 6.54 Å². The van der Waals surface area contributed by atoms with Crippen molar-refractivity contribution >= 4 is 15.9 Å². The summed E-state index contributed by atoms with van der Waals surface area (Å²) in [5.41, 5.74) is 1.32. The molecule has 2 atom stereocenters. The molecule has 1 heterocycles. The Balaban J connectivity index is 3.30. The summed E-state index contributed by atoms with van der Waals surface area (Å²) < 4.78 is 3.24. The summed E-state index contributed by atoms with van der Waals surface area (Å²) in [4.78, 5) is 2.55. The summed E-state index contributed by atoms with van der Waals surface area (Å²) in [7, 11) is 2.05. The van der Waals surface area contributed by atoms with Gasteiger partial charge in [0.15, 0.2) is 0 Å². The molecule has 122 valence electrons. The van der Waals surface area contributed by atoms with Crippen LogP contribution >= 0.6 is 15.9 Å². The molecule has 0 aliphatic rings. The second kappa shape index (κ2) is 8.30. The van der Waals surface area contributed by atoms with E-state index in [2.05, 4.69) is 77.6 Å². The minimum absolute atomic E-state index is 0.0618. The average Bonchev–Trinajstić information content (AvgIpc) is 2.83. The van der Waals surface area contributed by atoms with Crippen molar-refractivity contribution in [3.8, 4) is 0 Å². The molecular formula is C16H31BrN4. The van der Waals surface area contributed by atoms with E-state index in [1.165, 1.54) is 5.69 Å². The van der Waals surface area contributed by atoms with E-state index in [4.69, 9.17) is 0 Å². The largest absolute Gasteiger partial charge is 0.310 e. The van der Waals surface area contributed by atoms with Gasteiger partial charge in [0.2, 0.25) is 0 Å². The molecule has 0 saturated heterocycles. The lowest BCUT2D eigenvalue weighted by Crippen LogP contribution is -2.54. The van der Waals surface area contributed by atoms with Crippen LogP contribution in [0, 0.1) is 0 Å². The smallest absolute Gasteiger partial charge is 0.0714 e. The SMILES string of the molecule is CCCn1ncc(Br)c1C(NC)C(C)(CC)N(CC)CC. The van der Waals surface area contributed by atoms with E-state index in [0.29, 0.717) is 0 Å². The molecule has 0 saturated carbocycles. The van der Waals surface area contributed by atoms with Gasteiger partial charge in [-0.05, 0) is 55.8 Å². The van der Waals surface area contributed by atoms with Crippen LogP contribution in [0.1, 0.15) is 59.2 Å². The fraction of sp³-hybridized carbons (Fsp3) is 0.812. The van der Waals surface area contributed by atoms with Crippen LogP contribution in [-0.4, -0.2) is 40.4 Å². The highest BCUT2D eigenvalue weighted by Crippen LogP contribution is 2.37. The van der Waals surface area contributed by atoms with Crippen molar-refractivity contribution in [3.63, 3.8) is 0 Å². The normalized spacial score (nSPS) is 16.2. The van der Waals surface area contributed by atoms with Gasteiger partial charge in [0.1, 0.15) is 0 Å². The Morgan fingerprint density at radius 1 is 1.33 bits per heavy atom. The molecule has 0 aliphatic heterocycles. The summed E-state index contributed by atoms with van der Waals surface area (Å²) >= 11 is 3.70. The average molecular weight is 359 g/mol. The molecule has 1 aromatic heterocycles.